The number of hydrogen-bond acceptors (Lipinski definition) is 7. The van der Waals surface area contributed by atoms with Crippen molar-refractivity contribution in [2.45, 2.75) is 132 Å². The number of hydrogen-bond donors (Lipinski definition) is 0. The molecule has 0 radical (unpaired) electrons. The molecule has 0 aliphatic carbocycles. The lowest BCUT2D eigenvalue weighted by Gasteiger charge is -2.16. The lowest BCUT2D eigenvalue weighted by Crippen LogP contribution is -2.15. The molecule has 86 heavy (non-hydrogen) atoms. The van der Waals surface area contributed by atoms with Gasteiger partial charge in [0.15, 0.2) is 0 Å². The van der Waals surface area contributed by atoms with Gasteiger partial charge in [-0.2, -0.15) is 5.26 Å². The number of halogens is 1. The Hall–Kier alpha value is -8.80. The van der Waals surface area contributed by atoms with Gasteiger partial charge in [-0.25, -0.2) is 14.5 Å². The highest BCUT2D eigenvalue weighted by Gasteiger charge is 2.25. The van der Waals surface area contributed by atoms with Gasteiger partial charge in [0, 0.05) is 21.7 Å². The number of nitriles is 1. The van der Waals surface area contributed by atoms with E-state index in [1.165, 1.54) is 0 Å². The Balaban J connectivity index is 0.000000276. The Morgan fingerprint density at radius 1 is 0.430 bits per heavy atom. The fourth-order valence-corrected chi connectivity index (χ4v) is 9.52. The van der Waals surface area contributed by atoms with Crippen molar-refractivity contribution in [3.63, 3.8) is 0 Å². The number of carbonyl (C=O) groups is 3. The summed E-state index contributed by atoms with van der Waals surface area (Å²) in [6.07, 6.45) is 12.6. The van der Waals surface area contributed by atoms with Gasteiger partial charge < -0.3 is 14.2 Å². The molecule has 10 nitrogen and oxygen atoms in total. The first-order chi connectivity index (χ1) is 41.7. The quantitative estimate of drug-likeness (QED) is 0.0218. The van der Waals surface area contributed by atoms with Crippen molar-refractivity contribution in [3.05, 3.63) is 264 Å². The molecule has 0 saturated carbocycles. The normalized spacial score (nSPS) is 12.1. The van der Waals surface area contributed by atoms with Crippen LogP contribution < -0.4 is 0 Å². The zero-order chi connectivity index (χ0) is 62.6. The fourth-order valence-electron chi connectivity index (χ4n) is 9.39. The molecular weight excluding hydrogens is 1090 g/mol. The minimum absolute atomic E-state index is 0.00105. The molecule has 0 heterocycles. The van der Waals surface area contributed by atoms with Crippen molar-refractivity contribution in [1.29, 1.82) is 5.26 Å². The summed E-state index contributed by atoms with van der Waals surface area (Å²) in [5, 5.41) is 9.65. The molecule has 3 unspecified atom stereocenters. The molecule has 3 atom stereocenters. The second kappa shape index (κ2) is 38.9. The van der Waals surface area contributed by atoms with Crippen LogP contribution in [-0.2, 0) is 28.6 Å². The number of aryl methyl sites for hydroxylation is 2. The molecule has 0 spiro atoms. The fraction of sp³-hybridized carbons (Fsp3) is 0.347. The van der Waals surface area contributed by atoms with E-state index in [2.05, 4.69) is 62.1 Å². The Morgan fingerprint density at radius 3 is 0.953 bits per heavy atom. The standard InChI is InChI=1S/C26H31NO2.C25H26N2O2.C24H26ClNO2/c1-6-8-9-21(7-2)18-29-26(28)25(27-5)24(22-14-10-19(3)11-15-22)23-16-12-20(4)13-17-23;1-4-6-10-19(5-2)18-29-25(28)24(27-3)23(21-11-8-7-9-12-21)22-15-13-20(17-26)14-16-22;1-4-6-10-18(5-2)17-28-24(27)23(26-3)22(19-11-8-7-9-12-19)20-13-15-21(25)16-14-20/h10-17,21H,6-9,18H2,1-4H3;7-9,11-16,19H,4-6,10,18H2,1-2H3;7-9,11-16,18H,4-6,10,17H2,1-2H3/b;24-23+;23-22+. The third-order valence-corrected chi connectivity index (χ3v) is 15.1. The van der Waals surface area contributed by atoms with Crippen LogP contribution in [0.5, 0.6) is 0 Å². The van der Waals surface area contributed by atoms with Gasteiger partial charge in [-0.15, -0.1) is 0 Å². The lowest BCUT2D eigenvalue weighted by molar-refractivity contribution is -0.140. The molecule has 0 saturated heterocycles. The predicted molar refractivity (Wildman–Crippen MR) is 349 cm³/mol. The monoisotopic (exact) mass is 1170 g/mol. The molecule has 0 N–H and O–H groups in total. The van der Waals surface area contributed by atoms with E-state index in [1.807, 2.05) is 135 Å². The van der Waals surface area contributed by atoms with E-state index < -0.39 is 17.9 Å². The molecule has 0 bridgehead atoms. The smallest absolute Gasteiger partial charge is 0.336 e. The first-order valence-electron chi connectivity index (χ1n) is 30.1. The molecule has 0 aromatic heterocycles. The molecule has 6 rings (SSSR count). The molecular formula is C75H83ClN4O6. The van der Waals surface area contributed by atoms with Gasteiger partial charge in [-0.3, -0.25) is 14.4 Å². The minimum Gasteiger partial charge on any atom is -0.470 e. The van der Waals surface area contributed by atoms with Gasteiger partial charge in [0.2, 0.25) is 0 Å². The lowest BCUT2D eigenvalue weighted by atomic mass is 9.94. The van der Waals surface area contributed by atoms with Crippen LogP contribution in [-0.4, -0.2) is 37.7 Å². The van der Waals surface area contributed by atoms with Crippen molar-refractivity contribution in [3.8, 4) is 6.07 Å². The third-order valence-electron chi connectivity index (χ3n) is 14.8. The summed E-state index contributed by atoms with van der Waals surface area (Å²) in [7, 11) is 0. The average Bonchev–Trinajstić information content (AvgIpc) is 2.31. The number of unbranched alkanes of at least 4 members (excludes halogenated alkanes) is 3. The average molecular weight is 1170 g/mol. The summed E-state index contributed by atoms with van der Waals surface area (Å²) >= 11 is 6.01. The van der Waals surface area contributed by atoms with E-state index in [-0.39, 0.29) is 17.1 Å². The van der Waals surface area contributed by atoms with Crippen LogP contribution in [0, 0.1) is 62.6 Å². The highest BCUT2D eigenvalue weighted by Crippen LogP contribution is 2.33. The third kappa shape index (κ3) is 22.3. The largest absolute Gasteiger partial charge is 0.470 e. The Kier molecular flexibility index (Phi) is 31.6. The summed E-state index contributed by atoms with van der Waals surface area (Å²) < 4.78 is 16.7. The van der Waals surface area contributed by atoms with Gasteiger partial charge in [0.1, 0.15) is 0 Å². The van der Waals surface area contributed by atoms with Crippen molar-refractivity contribution >= 4 is 46.2 Å². The van der Waals surface area contributed by atoms with Crippen molar-refractivity contribution in [1.82, 2.24) is 0 Å². The van der Waals surface area contributed by atoms with E-state index in [9.17, 15) is 14.4 Å². The Morgan fingerprint density at radius 2 is 0.698 bits per heavy atom. The molecule has 446 valence electrons. The maximum Gasteiger partial charge on any atom is 0.336 e. The number of rotatable bonds is 27. The summed E-state index contributed by atoms with van der Waals surface area (Å²) in [5.41, 5.74) is 9.24. The summed E-state index contributed by atoms with van der Waals surface area (Å²) in [6, 6.07) is 50.7. The molecule has 0 aliphatic heterocycles. The summed E-state index contributed by atoms with van der Waals surface area (Å²) in [6.45, 7) is 40.8. The Labute approximate surface area is 517 Å². The Bertz CT molecular complexity index is 3290. The first-order valence-corrected chi connectivity index (χ1v) is 30.5. The number of benzene rings is 6. The number of ether oxygens (including phenoxy) is 3. The minimum atomic E-state index is -0.599. The van der Waals surface area contributed by atoms with Crippen molar-refractivity contribution in [2.24, 2.45) is 17.8 Å². The van der Waals surface area contributed by atoms with Crippen LogP contribution in [0.3, 0.4) is 0 Å². The van der Waals surface area contributed by atoms with E-state index in [0.717, 1.165) is 116 Å². The molecule has 0 amide bonds. The maximum atomic E-state index is 12.9. The molecule has 6 aromatic carbocycles. The van der Waals surface area contributed by atoms with E-state index in [0.29, 0.717) is 70.4 Å². The van der Waals surface area contributed by atoms with Crippen molar-refractivity contribution < 1.29 is 28.6 Å². The second-order valence-electron chi connectivity index (χ2n) is 21.2. The molecule has 0 fully saturated rings. The van der Waals surface area contributed by atoms with Gasteiger partial charge in [0.05, 0.1) is 51.2 Å². The SMILES string of the molecule is [C-]#[N+]/C(C(=O)OCC(CC)CCCC)=C(\c1ccccc1)c1ccc(C#N)cc1.[C-]#[N+]/C(C(=O)OCC(CC)CCCC)=C(\c1ccccc1)c1ccc(Cl)cc1.[C-]#[N+]C(C(=O)OCC(CC)CCCC)=C(c1ccc(C)cc1)c1ccc(C)cc1. The zero-order valence-corrected chi connectivity index (χ0v) is 52.2. The maximum absolute atomic E-state index is 12.9. The van der Waals surface area contributed by atoms with Crippen molar-refractivity contribution in [2.75, 3.05) is 19.8 Å². The van der Waals surface area contributed by atoms with Crippen LogP contribution in [0.4, 0.5) is 0 Å². The number of nitrogens with zero attached hydrogens (tertiary/aromatic N) is 4. The van der Waals surface area contributed by atoms with Gasteiger partial charge >= 0.3 is 17.9 Å². The highest BCUT2D eigenvalue weighted by atomic mass is 35.5. The van der Waals surface area contributed by atoms with Crippen LogP contribution in [0.2, 0.25) is 5.02 Å². The number of carbonyl (C=O) groups excluding carboxylic acids is 3. The second-order valence-corrected chi connectivity index (χ2v) is 21.6. The summed E-state index contributed by atoms with van der Waals surface area (Å²) in [4.78, 5) is 49.2. The van der Waals surface area contributed by atoms with Crippen LogP contribution in [0.1, 0.15) is 169 Å². The molecule has 11 heteroatoms. The highest BCUT2D eigenvalue weighted by molar-refractivity contribution is 6.30. The van der Waals surface area contributed by atoms with Crippen LogP contribution >= 0.6 is 11.6 Å². The van der Waals surface area contributed by atoms with E-state index in [1.54, 1.807) is 36.4 Å². The number of esters is 3. The molecule has 0 aliphatic rings. The predicted octanol–water partition coefficient (Wildman–Crippen LogP) is 19.5. The van der Waals surface area contributed by atoms with Crippen LogP contribution in [0.25, 0.3) is 31.3 Å². The summed E-state index contributed by atoms with van der Waals surface area (Å²) in [5.74, 6) is -0.733. The zero-order valence-electron chi connectivity index (χ0n) is 51.5. The van der Waals surface area contributed by atoms with E-state index >= 15 is 0 Å². The first kappa shape index (κ1) is 69.7. The van der Waals surface area contributed by atoms with E-state index in [4.69, 9.17) is 50.8 Å². The van der Waals surface area contributed by atoms with Gasteiger partial charge in [-0.1, -0.05) is 256 Å². The van der Waals surface area contributed by atoms with Gasteiger partial charge in [-0.05, 0) is 109 Å². The molecule has 6 aromatic rings. The van der Waals surface area contributed by atoms with Gasteiger partial charge in [0.25, 0.3) is 17.1 Å². The topological polar surface area (TPSA) is 116 Å². The van der Waals surface area contributed by atoms with Crippen LogP contribution in [0.15, 0.2) is 175 Å².